The molecule has 18 heavy (non-hydrogen) atoms. The number of rotatable bonds is 2. The van der Waals surface area contributed by atoms with Crippen LogP contribution in [0.5, 0.6) is 0 Å². The average Bonchev–Trinajstić information content (AvgIpc) is 2.64. The van der Waals surface area contributed by atoms with Crippen LogP contribution in [-0.4, -0.2) is 11.0 Å². The molecule has 1 aromatic carbocycles. The summed E-state index contributed by atoms with van der Waals surface area (Å²) in [6.07, 6.45) is 0. The molecule has 96 valence electrons. The Morgan fingerprint density at radius 1 is 1.22 bits per heavy atom. The van der Waals surface area contributed by atoms with Crippen molar-refractivity contribution in [2.45, 2.75) is 33.7 Å². The molecule has 3 rings (SSSR count). The Labute approximate surface area is 107 Å². The fourth-order valence-electron chi connectivity index (χ4n) is 2.68. The Hall–Kier alpha value is -1.71. The third kappa shape index (κ3) is 1.41. The topological polar surface area (TPSA) is 64.1 Å². The van der Waals surface area contributed by atoms with Gasteiger partial charge in [-0.05, 0) is 23.0 Å². The van der Waals surface area contributed by atoms with Crippen molar-refractivity contribution in [1.82, 2.24) is 4.98 Å². The SMILES string of the molecule is CC1(C)C(Nc2nc3ccc(N)cc3o2)C1(C)C. The number of anilines is 2. The molecule has 1 aliphatic carbocycles. The smallest absolute Gasteiger partial charge is 0.295 e. The van der Waals surface area contributed by atoms with Gasteiger partial charge >= 0.3 is 0 Å². The first-order valence-electron chi connectivity index (χ1n) is 6.25. The molecule has 3 N–H and O–H groups in total. The Morgan fingerprint density at radius 3 is 2.50 bits per heavy atom. The Morgan fingerprint density at radius 2 is 1.89 bits per heavy atom. The highest BCUT2D eigenvalue weighted by Gasteiger charge is 2.65. The molecule has 0 aliphatic heterocycles. The van der Waals surface area contributed by atoms with Gasteiger partial charge in [-0.3, -0.25) is 0 Å². The molecule has 4 heteroatoms. The van der Waals surface area contributed by atoms with Gasteiger partial charge in [0.2, 0.25) is 0 Å². The molecule has 0 saturated heterocycles. The predicted molar refractivity (Wildman–Crippen MR) is 73.4 cm³/mol. The van der Waals surface area contributed by atoms with Crippen LogP contribution in [0.25, 0.3) is 11.1 Å². The van der Waals surface area contributed by atoms with Crippen molar-refractivity contribution >= 4 is 22.8 Å². The second-order valence-corrected chi connectivity index (χ2v) is 6.27. The van der Waals surface area contributed by atoms with E-state index in [4.69, 9.17) is 10.2 Å². The van der Waals surface area contributed by atoms with Crippen molar-refractivity contribution in [1.29, 1.82) is 0 Å². The highest BCUT2D eigenvalue weighted by molar-refractivity contribution is 5.78. The minimum absolute atomic E-state index is 0.257. The number of hydrogen-bond donors (Lipinski definition) is 2. The summed E-state index contributed by atoms with van der Waals surface area (Å²) < 4.78 is 5.68. The lowest BCUT2D eigenvalue weighted by atomic mass is 10.0. The van der Waals surface area contributed by atoms with E-state index in [-0.39, 0.29) is 10.8 Å². The second kappa shape index (κ2) is 3.19. The van der Waals surface area contributed by atoms with Crippen molar-refractivity contribution in [2.24, 2.45) is 10.8 Å². The minimum atomic E-state index is 0.257. The third-order valence-electron chi connectivity index (χ3n) is 4.70. The van der Waals surface area contributed by atoms with Crippen molar-refractivity contribution in [3.05, 3.63) is 18.2 Å². The molecular formula is C14H19N3O. The van der Waals surface area contributed by atoms with Gasteiger partial charge in [-0.15, -0.1) is 0 Å². The lowest BCUT2D eigenvalue weighted by molar-refractivity contribution is 0.457. The van der Waals surface area contributed by atoms with E-state index in [1.54, 1.807) is 6.07 Å². The lowest BCUT2D eigenvalue weighted by Crippen LogP contribution is -2.09. The summed E-state index contributed by atoms with van der Waals surface area (Å²) in [7, 11) is 0. The van der Waals surface area contributed by atoms with Crippen LogP contribution in [0.2, 0.25) is 0 Å². The van der Waals surface area contributed by atoms with Gasteiger partial charge in [-0.2, -0.15) is 4.98 Å². The van der Waals surface area contributed by atoms with E-state index >= 15 is 0 Å². The van der Waals surface area contributed by atoms with Gasteiger partial charge in [0.05, 0.1) is 0 Å². The fraction of sp³-hybridized carbons (Fsp3) is 0.500. The maximum absolute atomic E-state index is 5.72. The monoisotopic (exact) mass is 245 g/mol. The summed E-state index contributed by atoms with van der Waals surface area (Å²) in [5, 5.41) is 3.39. The number of nitrogens with one attached hydrogen (secondary N) is 1. The van der Waals surface area contributed by atoms with Gasteiger partial charge in [0, 0.05) is 17.8 Å². The number of hydrogen-bond acceptors (Lipinski definition) is 4. The van der Waals surface area contributed by atoms with Crippen LogP contribution in [0.3, 0.4) is 0 Å². The zero-order chi connectivity index (χ0) is 13.1. The first-order chi connectivity index (χ1) is 8.32. The van der Waals surface area contributed by atoms with Crippen LogP contribution in [-0.2, 0) is 0 Å². The van der Waals surface area contributed by atoms with E-state index < -0.39 is 0 Å². The summed E-state index contributed by atoms with van der Waals surface area (Å²) in [6, 6.07) is 6.48. The largest absolute Gasteiger partial charge is 0.423 e. The van der Waals surface area contributed by atoms with E-state index in [1.807, 2.05) is 12.1 Å². The number of oxazole rings is 1. The third-order valence-corrected chi connectivity index (χ3v) is 4.70. The van der Waals surface area contributed by atoms with Crippen molar-refractivity contribution < 1.29 is 4.42 Å². The zero-order valence-corrected chi connectivity index (χ0v) is 11.2. The maximum Gasteiger partial charge on any atom is 0.295 e. The van der Waals surface area contributed by atoms with E-state index in [9.17, 15) is 0 Å². The zero-order valence-electron chi connectivity index (χ0n) is 11.2. The standard InChI is InChI=1S/C14H19N3O/c1-13(2)11(14(13,3)4)17-12-16-9-6-5-8(15)7-10(9)18-12/h5-7,11H,15H2,1-4H3,(H,16,17). The Kier molecular flexibility index (Phi) is 2.02. The van der Waals surface area contributed by atoms with Gasteiger partial charge in [-0.1, -0.05) is 27.7 Å². The Balaban J connectivity index is 1.89. The summed E-state index contributed by atoms with van der Waals surface area (Å²) in [4.78, 5) is 4.43. The molecule has 1 heterocycles. The molecule has 0 amide bonds. The van der Waals surface area contributed by atoms with Crippen LogP contribution < -0.4 is 11.1 Å². The molecule has 1 fully saturated rings. The summed E-state index contributed by atoms with van der Waals surface area (Å²) in [5.41, 5.74) is 8.50. The number of benzene rings is 1. The van der Waals surface area contributed by atoms with Crippen molar-refractivity contribution in [2.75, 3.05) is 11.1 Å². The van der Waals surface area contributed by atoms with Crippen molar-refractivity contribution in [3.63, 3.8) is 0 Å². The first-order valence-corrected chi connectivity index (χ1v) is 6.25. The molecule has 0 radical (unpaired) electrons. The number of fused-ring (bicyclic) bond motifs is 1. The van der Waals surface area contributed by atoms with Crippen LogP contribution in [0, 0.1) is 10.8 Å². The normalized spacial score (nSPS) is 21.1. The van der Waals surface area contributed by atoms with Gasteiger partial charge < -0.3 is 15.5 Å². The first kappa shape index (κ1) is 11.4. The average molecular weight is 245 g/mol. The minimum Gasteiger partial charge on any atom is -0.423 e. The van der Waals surface area contributed by atoms with E-state index in [0.29, 0.717) is 17.7 Å². The highest BCUT2D eigenvalue weighted by atomic mass is 16.4. The molecule has 0 spiro atoms. The predicted octanol–water partition coefficient (Wildman–Crippen LogP) is 3.26. The summed E-state index contributed by atoms with van der Waals surface area (Å²) in [5.74, 6) is 0. The molecular weight excluding hydrogens is 226 g/mol. The van der Waals surface area contributed by atoms with Crippen LogP contribution in [0.1, 0.15) is 27.7 Å². The molecule has 4 nitrogen and oxygen atoms in total. The molecule has 1 aromatic heterocycles. The molecule has 0 unspecified atom stereocenters. The van der Waals surface area contributed by atoms with E-state index in [0.717, 1.165) is 11.1 Å². The van der Waals surface area contributed by atoms with Crippen LogP contribution >= 0.6 is 0 Å². The quantitative estimate of drug-likeness (QED) is 0.797. The molecule has 1 saturated carbocycles. The van der Waals surface area contributed by atoms with E-state index in [1.165, 1.54) is 0 Å². The maximum atomic E-state index is 5.72. The number of nitrogens with two attached hydrogens (primary N) is 1. The lowest BCUT2D eigenvalue weighted by Gasteiger charge is -2.02. The second-order valence-electron chi connectivity index (χ2n) is 6.27. The molecule has 1 aliphatic rings. The van der Waals surface area contributed by atoms with Crippen LogP contribution in [0.15, 0.2) is 22.6 Å². The summed E-state index contributed by atoms with van der Waals surface area (Å²) in [6.45, 7) is 9.02. The Bertz CT molecular complexity index is 599. The number of nitrogens with zero attached hydrogens (tertiary/aromatic N) is 1. The van der Waals surface area contributed by atoms with Gasteiger partial charge in [0.25, 0.3) is 6.01 Å². The molecule has 2 aromatic rings. The van der Waals surface area contributed by atoms with Gasteiger partial charge in [-0.25, -0.2) is 0 Å². The fourth-order valence-corrected chi connectivity index (χ4v) is 2.68. The number of aromatic nitrogens is 1. The summed E-state index contributed by atoms with van der Waals surface area (Å²) >= 11 is 0. The highest BCUT2D eigenvalue weighted by Crippen LogP contribution is 2.63. The van der Waals surface area contributed by atoms with E-state index in [2.05, 4.69) is 38.0 Å². The van der Waals surface area contributed by atoms with Gasteiger partial charge in [0.15, 0.2) is 5.58 Å². The molecule has 0 atom stereocenters. The van der Waals surface area contributed by atoms with Crippen molar-refractivity contribution in [3.8, 4) is 0 Å². The van der Waals surface area contributed by atoms with Gasteiger partial charge in [0.1, 0.15) is 5.52 Å². The molecule has 0 bridgehead atoms. The number of nitrogen functional groups attached to an aromatic ring is 1. The van der Waals surface area contributed by atoms with Crippen LogP contribution in [0.4, 0.5) is 11.7 Å².